The average molecular weight is 327 g/mol. The molecule has 1 aliphatic rings. The second-order valence-electron chi connectivity index (χ2n) is 5.44. The molecular weight excluding hydrogens is 304 g/mol. The normalized spacial score (nSPS) is 18.3. The molecule has 19 heavy (non-hydrogen) atoms. The highest BCUT2D eigenvalue weighted by atomic mass is 79.9. The number of nitrogens with two attached hydrogens (primary N) is 1. The van der Waals surface area contributed by atoms with Crippen LogP contribution < -0.4 is 10.6 Å². The van der Waals surface area contributed by atoms with E-state index < -0.39 is 0 Å². The Hall–Kier alpha value is -0.580. The number of ether oxygens (including phenoxy) is 1. The lowest BCUT2D eigenvalue weighted by Crippen LogP contribution is -2.29. The summed E-state index contributed by atoms with van der Waals surface area (Å²) < 4.78 is 6.53. The highest BCUT2D eigenvalue weighted by Gasteiger charge is 2.17. The van der Waals surface area contributed by atoms with Gasteiger partial charge < -0.3 is 15.4 Å². The Labute approximate surface area is 124 Å². The third kappa shape index (κ3) is 3.94. The van der Waals surface area contributed by atoms with Crippen molar-refractivity contribution in [1.29, 1.82) is 0 Å². The lowest BCUT2D eigenvalue weighted by Gasteiger charge is -2.29. The molecule has 1 saturated heterocycles. The van der Waals surface area contributed by atoms with Gasteiger partial charge in [-0.2, -0.15) is 0 Å². The summed E-state index contributed by atoms with van der Waals surface area (Å²) in [5.41, 5.74) is 8.30. The molecule has 0 amide bonds. The summed E-state index contributed by atoms with van der Waals surface area (Å²) >= 11 is 3.66. The highest BCUT2D eigenvalue weighted by molar-refractivity contribution is 9.10. The molecule has 1 heterocycles. The monoisotopic (exact) mass is 326 g/mol. The minimum atomic E-state index is 0.0751. The van der Waals surface area contributed by atoms with Gasteiger partial charge in [0.05, 0.1) is 5.69 Å². The zero-order valence-corrected chi connectivity index (χ0v) is 13.3. The van der Waals surface area contributed by atoms with Crippen molar-refractivity contribution < 1.29 is 4.74 Å². The molecule has 0 unspecified atom stereocenters. The van der Waals surface area contributed by atoms with E-state index in [9.17, 15) is 0 Å². The Kier molecular flexibility index (Phi) is 5.25. The first-order valence-electron chi connectivity index (χ1n) is 6.92. The van der Waals surface area contributed by atoms with Crippen LogP contribution >= 0.6 is 15.9 Å². The fourth-order valence-electron chi connectivity index (χ4n) is 2.53. The van der Waals surface area contributed by atoms with E-state index in [0.29, 0.717) is 0 Å². The molecule has 1 aliphatic heterocycles. The fraction of sp³-hybridized carbons (Fsp3) is 0.600. The van der Waals surface area contributed by atoms with Gasteiger partial charge in [-0.25, -0.2) is 0 Å². The minimum Gasteiger partial charge on any atom is -0.381 e. The van der Waals surface area contributed by atoms with E-state index in [2.05, 4.69) is 46.1 Å². The Morgan fingerprint density at radius 3 is 2.68 bits per heavy atom. The van der Waals surface area contributed by atoms with E-state index >= 15 is 0 Å². The van der Waals surface area contributed by atoms with Crippen molar-refractivity contribution in [2.45, 2.75) is 25.8 Å². The minimum absolute atomic E-state index is 0.0751. The van der Waals surface area contributed by atoms with E-state index in [1.165, 1.54) is 18.5 Å². The quantitative estimate of drug-likeness (QED) is 0.922. The Morgan fingerprint density at radius 1 is 1.42 bits per heavy atom. The van der Waals surface area contributed by atoms with Crippen molar-refractivity contribution in [3.05, 3.63) is 28.2 Å². The van der Waals surface area contributed by atoms with Crippen LogP contribution in [-0.4, -0.2) is 26.8 Å². The molecule has 0 aromatic heterocycles. The lowest BCUT2D eigenvalue weighted by molar-refractivity contribution is 0.0685. The molecule has 0 bridgehead atoms. The maximum Gasteiger partial charge on any atom is 0.0508 e. The van der Waals surface area contributed by atoms with Crippen molar-refractivity contribution in [1.82, 2.24) is 0 Å². The van der Waals surface area contributed by atoms with Crippen LogP contribution in [0, 0.1) is 5.92 Å². The maximum atomic E-state index is 5.91. The summed E-state index contributed by atoms with van der Waals surface area (Å²) in [5.74, 6) is 0.735. The van der Waals surface area contributed by atoms with Gasteiger partial charge in [0.25, 0.3) is 0 Å². The third-order valence-electron chi connectivity index (χ3n) is 3.78. The molecule has 0 aliphatic carbocycles. The predicted octanol–water partition coefficient (Wildman–Crippen LogP) is 3.33. The van der Waals surface area contributed by atoms with E-state index in [1.54, 1.807) is 0 Å². The number of hydrogen-bond acceptors (Lipinski definition) is 3. The van der Waals surface area contributed by atoms with Gasteiger partial charge in [-0.1, -0.05) is 6.07 Å². The van der Waals surface area contributed by atoms with Crippen LogP contribution in [-0.2, 0) is 4.74 Å². The second-order valence-corrected chi connectivity index (χ2v) is 6.29. The van der Waals surface area contributed by atoms with Crippen LogP contribution in [0.2, 0.25) is 0 Å². The van der Waals surface area contributed by atoms with Crippen LogP contribution in [0.25, 0.3) is 0 Å². The zero-order chi connectivity index (χ0) is 13.8. The number of anilines is 1. The summed E-state index contributed by atoms with van der Waals surface area (Å²) in [5, 5.41) is 0. The number of rotatable bonds is 4. The van der Waals surface area contributed by atoms with Gasteiger partial charge in [-0.3, -0.25) is 0 Å². The average Bonchev–Trinajstić information content (AvgIpc) is 2.39. The van der Waals surface area contributed by atoms with Crippen molar-refractivity contribution in [3.63, 3.8) is 0 Å². The molecule has 1 atom stereocenters. The lowest BCUT2D eigenvalue weighted by atomic mass is 9.99. The SMILES string of the molecule is C[C@@H](N)c1ccc(N(C)CC2CCOCC2)c(Br)c1. The van der Waals surface area contributed by atoms with E-state index in [4.69, 9.17) is 10.5 Å². The smallest absolute Gasteiger partial charge is 0.0508 e. The van der Waals surface area contributed by atoms with Crippen molar-refractivity contribution in [3.8, 4) is 0 Å². The summed E-state index contributed by atoms with van der Waals surface area (Å²) in [6.45, 7) is 4.90. The van der Waals surface area contributed by atoms with Crippen molar-refractivity contribution in [2.24, 2.45) is 11.7 Å². The molecule has 0 saturated carbocycles. The third-order valence-corrected chi connectivity index (χ3v) is 4.42. The van der Waals surface area contributed by atoms with Gasteiger partial charge in [0.2, 0.25) is 0 Å². The van der Waals surface area contributed by atoms with Crippen LogP contribution in [0.4, 0.5) is 5.69 Å². The second kappa shape index (κ2) is 6.73. The van der Waals surface area contributed by atoms with Crippen LogP contribution in [0.5, 0.6) is 0 Å². The number of hydrogen-bond donors (Lipinski definition) is 1. The fourth-order valence-corrected chi connectivity index (χ4v) is 3.23. The van der Waals surface area contributed by atoms with E-state index in [1.807, 2.05) is 6.92 Å². The molecule has 2 rings (SSSR count). The predicted molar refractivity (Wildman–Crippen MR) is 83.6 cm³/mol. The summed E-state index contributed by atoms with van der Waals surface area (Å²) in [6.07, 6.45) is 2.33. The van der Waals surface area contributed by atoms with Crippen molar-refractivity contribution >= 4 is 21.6 Å². The molecule has 1 fully saturated rings. The first-order chi connectivity index (χ1) is 9.08. The van der Waals surface area contributed by atoms with Crippen LogP contribution in [0.15, 0.2) is 22.7 Å². The molecule has 1 aromatic carbocycles. The zero-order valence-electron chi connectivity index (χ0n) is 11.7. The van der Waals surface area contributed by atoms with Gasteiger partial charge >= 0.3 is 0 Å². The molecule has 4 heteroatoms. The number of nitrogens with zero attached hydrogens (tertiary/aromatic N) is 1. The van der Waals surface area contributed by atoms with Gasteiger partial charge in [0, 0.05) is 37.3 Å². The van der Waals surface area contributed by atoms with Crippen LogP contribution in [0.1, 0.15) is 31.4 Å². The Bertz CT molecular complexity index is 417. The summed E-state index contributed by atoms with van der Waals surface area (Å²) in [6, 6.07) is 6.47. The number of benzene rings is 1. The Balaban J connectivity index is 2.03. The standard InChI is InChI=1S/C15H23BrN2O/c1-11(17)13-3-4-15(14(16)9-13)18(2)10-12-5-7-19-8-6-12/h3-4,9,11-12H,5-8,10,17H2,1-2H3/t11-/m1/s1. The summed E-state index contributed by atoms with van der Waals surface area (Å²) in [7, 11) is 2.15. The molecule has 1 aromatic rings. The van der Waals surface area contributed by atoms with Gasteiger partial charge in [-0.15, -0.1) is 0 Å². The topological polar surface area (TPSA) is 38.5 Å². The Morgan fingerprint density at radius 2 is 2.11 bits per heavy atom. The molecule has 0 radical (unpaired) electrons. The van der Waals surface area contributed by atoms with E-state index in [-0.39, 0.29) is 6.04 Å². The van der Waals surface area contributed by atoms with Gasteiger partial charge in [0.15, 0.2) is 0 Å². The molecule has 0 spiro atoms. The first kappa shape index (κ1) is 14.8. The molecule has 106 valence electrons. The molecule has 3 nitrogen and oxygen atoms in total. The molecule has 2 N–H and O–H groups in total. The van der Waals surface area contributed by atoms with E-state index in [0.717, 1.165) is 35.7 Å². The van der Waals surface area contributed by atoms with Crippen molar-refractivity contribution in [2.75, 3.05) is 31.7 Å². The van der Waals surface area contributed by atoms with Crippen LogP contribution in [0.3, 0.4) is 0 Å². The largest absolute Gasteiger partial charge is 0.381 e. The first-order valence-corrected chi connectivity index (χ1v) is 7.71. The summed E-state index contributed by atoms with van der Waals surface area (Å²) in [4.78, 5) is 2.32. The van der Waals surface area contributed by atoms with Gasteiger partial charge in [0.1, 0.15) is 0 Å². The highest BCUT2D eigenvalue weighted by Crippen LogP contribution is 2.29. The maximum absolute atomic E-state index is 5.91. The number of halogens is 1. The van der Waals surface area contributed by atoms with Gasteiger partial charge in [-0.05, 0) is 59.3 Å². The molecular formula is C15H23BrN2O.